The second kappa shape index (κ2) is 7.03. The maximum atomic E-state index is 11.2. The fourth-order valence-corrected chi connectivity index (χ4v) is 1.12. The van der Waals surface area contributed by atoms with Crippen LogP contribution in [0.2, 0.25) is 0 Å². The van der Waals surface area contributed by atoms with Crippen molar-refractivity contribution in [3.05, 3.63) is 24.5 Å². The Labute approximate surface area is 94.6 Å². The summed E-state index contributed by atoms with van der Waals surface area (Å²) in [4.78, 5) is 11.2. The van der Waals surface area contributed by atoms with Gasteiger partial charge in [-0.15, -0.1) is 0 Å². The van der Waals surface area contributed by atoms with Crippen molar-refractivity contribution in [2.75, 3.05) is 26.4 Å². The molecular formula is C11H16O5. The fourth-order valence-electron chi connectivity index (χ4n) is 1.12. The van der Waals surface area contributed by atoms with E-state index < -0.39 is 12.3 Å². The number of hydrogen-bond donors (Lipinski definition) is 0. The van der Waals surface area contributed by atoms with Gasteiger partial charge in [-0.05, 0) is 6.92 Å². The van der Waals surface area contributed by atoms with Gasteiger partial charge in [0.05, 0.1) is 19.3 Å². The highest BCUT2D eigenvalue weighted by atomic mass is 16.7. The first kappa shape index (κ1) is 12.7. The molecule has 5 nitrogen and oxygen atoms in total. The van der Waals surface area contributed by atoms with Crippen LogP contribution in [0.1, 0.15) is 6.92 Å². The zero-order valence-electron chi connectivity index (χ0n) is 9.31. The lowest BCUT2D eigenvalue weighted by atomic mass is 10.4. The highest BCUT2D eigenvalue weighted by molar-refractivity contribution is 5.82. The lowest BCUT2D eigenvalue weighted by molar-refractivity contribution is -0.194. The van der Waals surface area contributed by atoms with Crippen molar-refractivity contribution >= 4 is 5.97 Å². The first-order chi connectivity index (χ1) is 7.72. The number of carbonyl (C=O) groups is 1. The molecule has 90 valence electrons. The minimum Gasteiger partial charge on any atom is -0.467 e. The van der Waals surface area contributed by atoms with Crippen LogP contribution in [0.4, 0.5) is 0 Å². The van der Waals surface area contributed by atoms with Gasteiger partial charge < -0.3 is 18.9 Å². The summed E-state index contributed by atoms with van der Waals surface area (Å²) in [5, 5.41) is 0. The Bertz CT molecular complexity index is 266. The summed E-state index contributed by atoms with van der Waals surface area (Å²) < 4.78 is 20.5. The summed E-state index contributed by atoms with van der Waals surface area (Å²) in [6.07, 6.45) is 2.32. The third-order valence-electron chi connectivity index (χ3n) is 1.77. The van der Waals surface area contributed by atoms with Crippen molar-refractivity contribution in [1.82, 2.24) is 0 Å². The molecule has 1 atom stereocenters. The molecule has 0 aromatic rings. The molecule has 0 aromatic heterocycles. The van der Waals surface area contributed by atoms with Crippen molar-refractivity contribution in [3.8, 4) is 0 Å². The standard InChI is InChI=1S/C11H16O5/c1-3-4-14-10(12)7-9(2)16-11-8-13-5-6-15-11/h3,7,11H,1,4-6,8H2,2H3/b9-7-. The molecule has 16 heavy (non-hydrogen) atoms. The zero-order chi connectivity index (χ0) is 11.8. The van der Waals surface area contributed by atoms with Crippen LogP contribution in [-0.2, 0) is 23.7 Å². The Morgan fingerprint density at radius 2 is 2.38 bits per heavy atom. The topological polar surface area (TPSA) is 54.0 Å². The number of esters is 1. The molecule has 1 saturated heterocycles. The molecule has 0 saturated carbocycles. The van der Waals surface area contributed by atoms with E-state index in [-0.39, 0.29) is 6.61 Å². The van der Waals surface area contributed by atoms with Crippen LogP contribution in [0, 0.1) is 0 Å². The van der Waals surface area contributed by atoms with E-state index in [1.807, 2.05) is 0 Å². The van der Waals surface area contributed by atoms with Gasteiger partial charge in [-0.25, -0.2) is 4.79 Å². The van der Waals surface area contributed by atoms with Crippen molar-refractivity contribution < 1.29 is 23.7 Å². The minimum atomic E-state index is -0.464. The molecule has 0 N–H and O–H groups in total. The molecule has 0 spiro atoms. The van der Waals surface area contributed by atoms with Crippen LogP contribution in [0.5, 0.6) is 0 Å². The van der Waals surface area contributed by atoms with Crippen LogP contribution >= 0.6 is 0 Å². The first-order valence-corrected chi connectivity index (χ1v) is 5.04. The van der Waals surface area contributed by atoms with Gasteiger partial charge in [0.15, 0.2) is 0 Å². The Morgan fingerprint density at radius 3 is 3.00 bits per heavy atom. The summed E-state index contributed by atoms with van der Waals surface area (Å²) in [6.45, 7) is 6.73. The highest BCUT2D eigenvalue weighted by Crippen LogP contribution is 2.08. The SMILES string of the molecule is C=CCOC(=O)/C=C(/C)OC1COCCO1. The van der Waals surface area contributed by atoms with E-state index in [0.29, 0.717) is 25.6 Å². The van der Waals surface area contributed by atoms with E-state index >= 15 is 0 Å². The lowest BCUT2D eigenvalue weighted by Crippen LogP contribution is -2.30. The Balaban J connectivity index is 2.31. The zero-order valence-corrected chi connectivity index (χ0v) is 9.31. The van der Waals surface area contributed by atoms with Gasteiger partial charge in [0.2, 0.25) is 6.29 Å². The van der Waals surface area contributed by atoms with Crippen LogP contribution in [0.3, 0.4) is 0 Å². The second-order valence-corrected chi connectivity index (χ2v) is 3.17. The number of rotatable bonds is 5. The van der Waals surface area contributed by atoms with Crippen LogP contribution in [-0.4, -0.2) is 38.7 Å². The smallest absolute Gasteiger partial charge is 0.334 e. The number of hydrogen-bond acceptors (Lipinski definition) is 5. The molecule has 0 aliphatic carbocycles. The molecule has 0 bridgehead atoms. The molecule has 0 amide bonds. The maximum absolute atomic E-state index is 11.2. The third-order valence-corrected chi connectivity index (χ3v) is 1.77. The summed E-state index contributed by atoms with van der Waals surface area (Å²) >= 11 is 0. The van der Waals surface area contributed by atoms with Gasteiger partial charge in [0, 0.05) is 0 Å². The van der Waals surface area contributed by atoms with Gasteiger partial charge in [-0.3, -0.25) is 0 Å². The maximum Gasteiger partial charge on any atom is 0.334 e. The fraction of sp³-hybridized carbons (Fsp3) is 0.545. The monoisotopic (exact) mass is 228 g/mol. The van der Waals surface area contributed by atoms with Crippen molar-refractivity contribution in [2.45, 2.75) is 13.2 Å². The van der Waals surface area contributed by atoms with E-state index in [2.05, 4.69) is 6.58 Å². The highest BCUT2D eigenvalue weighted by Gasteiger charge is 2.15. The van der Waals surface area contributed by atoms with Gasteiger partial charge in [0.25, 0.3) is 0 Å². The quantitative estimate of drug-likeness (QED) is 0.304. The lowest BCUT2D eigenvalue weighted by Gasteiger charge is -2.23. The van der Waals surface area contributed by atoms with Gasteiger partial charge in [0.1, 0.15) is 19.0 Å². The van der Waals surface area contributed by atoms with Crippen molar-refractivity contribution in [1.29, 1.82) is 0 Å². The average molecular weight is 228 g/mol. The van der Waals surface area contributed by atoms with Crippen molar-refractivity contribution in [3.63, 3.8) is 0 Å². The van der Waals surface area contributed by atoms with E-state index in [9.17, 15) is 4.79 Å². The second-order valence-electron chi connectivity index (χ2n) is 3.17. The molecule has 1 aliphatic rings. The van der Waals surface area contributed by atoms with E-state index in [0.717, 1.165) is 0 Å². The molecule has 1 unspecified atom stereocenters. The van der Waals surface area contributed by atoms with Gasteiger partial charge >= 0.3 is 5.97 Å². The predicted molar refractivity (Wildman–Crippen MR) is 56.6 cm³/mol. The normalized spacial score (nSPS) is 21.3. The number of ether oxygens (including phenoxy) is 4. The van der Waals surface area contributed by atoms with Crippen LogP contribution in [0.25, 0.3) is 0 Å². The van der Waals surface area contributed by atoms with Crippen LogP contribution < -0.4 is 0 Å². The molecule has 1 rings (SSSR count). The van der Waals surface area contributed by atoms with Gasteiger partial charge in [-0.2, -0.15) is 0 Å². The summed E-state index contributed by atoms with van der Waals surface area (Å²) in [6, 6.07) is 0. The molecule has 0 radical (unpaired) electrons. The molecule has 5 heteroatoms. The molecule has 1 fully saturated rings. The average Bonchev–Trinajstić information content (AvgIpc) is 2.27. The van der Waals surface area contributed by atoms with Gasteiger partial charge in [-0.1, -0.05) is 12.7 Å². The summed E-state index contributed by atoms with van der Waals surface area (Å²) in [7, 11) is 0. The molecule has 1 heterocycles. The van der Waals surface area contributed by atoms with E-state index in [1.54, 1.807) is 6.92 Å². The molecule has 1 aliphatic heterocycles. The summed E-state index contributed by atoms with van der Waals surface area (Å²) in [5.74, 6) is -0.0290. The minimum absolute atomic E-state index is 0.186. The van der Waals surface area contributed by atoms with E-state index in [1.165, 1.54) is 12.2 Å². The van der Waals surface area contributed by atoms with Crippen molar-refractivity contribution in [2.24, 2.45) is 0 Å². The third kappa shape index (κ3) is 4.95. The predicted octanol–water partition coefficient (Wildman–Crippen LogP) is 1.01. The number of allylic oxidation sites excluding steroid dienone is 1. The Morgan fingerprint density at radius 1 is 1.56 bits per heavy atom. The van der Waals surface area contributed by atoms with Crippen LogP contribution in [0.15, 0.2) is 24.5 Å². The Hall–Kier alpha value is -1.33. The Kier molecular flexibility index (Phi) is 5.60. The van der Waals surface area contributed by atoms with E-state index in [4.69, 9.17) is 18.9 Å². The number of carbonyl (C=O) groups excluding carboxylic acids is 1. The first-order valence-electron chi connectivity index (χ1n) is 5.04. The summed E-state index contributed by atoms with van der Waals surface area (Å²) in [5.41, 5.74) is 0. The molecular weight excluding hydrogens is 212 g/mol. The molecule has 0 aromatic carbocycles. The largest absolute Gasteiger partial charge is 0.467 e.